The van der Waals surface area contributed by atoms with Crippen molar-refractivity contribution in [3.05, 3.63) is 17.0 Å². The molecule has 1 aromatic rings. The van der Waals surface area contributed by atoms with Gasteiger partial charge in [-0.2, -0.15) is 4.31 Å². The average Bonchev–Trinajstić information content (AvgIpc) is 2.88. The molecule has 0 aliphatic carbocycles. The van der Waals surface area contributed by atoms with Crippen molar-refractivity contribution in [3.8, 4) is 0 Å². The Bertz CT molecular complexity index is 628. The summed E-state index contributed by atoms with van der Waals surface area (Å²) in [6.07, 6.45) is 1.84. The summed E-state index contributed by atoms with van der Waals surface area (Å²) in [5.41, 5.74) is -0.119. The normalized spacial score (nSPS) is 21.4. The number of aliphatic carboxylic acids is 1. The molecule has 1 atom stereocenters. The third kappa shape index (κ3) is 3.30. The molecule has 5 nitrogen and oxygen atoms in total. The van der Waals surface area contributed by atoms with E-state index in [1.165, 1.54) is 11.3 Å². The van der Waals surface area contributed by atoms with Crippen molar-refractivity contribution in [3.63, 3.8) is 0 Å². The van der Waals surface area contributed by atoms with Crippen LogP contribution in [0.5, 0.6) is 0 Å². The number of carboxylic acid groups (broad SMARTS) is 1. The SMILES string of the molecule is CC(C)(C)c1ccc(S(=O)(=O)N2CCCCC2C(=O)O)s1. The molecule has 1 N–H and O–H groups in total. The molecule has 2 rings (SSSR count). The van der Waals surface area contributed by atoms with Crippen LogP contribution in [0.3, 0.4) is 0 Å². The highest BCUT2D eigenvalue weighted by atomic mass is 32.2. The molecular formula is C14H21NO4S2. The Kier molecular flexibility index (Phi) is 4.46. The molecule has 0 spiro atoms. The number of hydrogen-bond donors (Lipinski definition) is 1. The van der Waals surface area contributed by atoms with E-state index in [0.29, 0.717) is 12.8 Å². The Morgan fingerprint density at radius 2 is 2.00 bits per heavy atom. The molecule has 2 heterocycles. The smallest absolute Gasteiger partial charge is 0.322 e. The van der Waals surface area contributed by atoms with Gasteiger partial charge in [-0.1, -0.05) is 20.8 Å². The van der Waals surface area contributed by atoms with Gasteiger partial charge in [0.05, 0.1) is 0 Å². The van der Waals surface area contributed by atoms with Crippen molar-refractivity contribution < 1.29 is 18.3 Å². The molecule has 1 aliphatic heterocycles. The summed E-state index contributed by atoms with van der Waals surface area (Å²) in [5.74, 6) is -1.06. The van der Waals surface area contributed by atoms with Gasteiger partial charge >= 0.3 is 5.97 Å². The molecule has 1 saturated heterocycles. The van der Waals surface area contributed by atoms with Crippen molar-refractivity contribution in [2.24, 2.45) is 0 Å². The number of sulfonamides is 1. The van der Waals surface area contributed by atoms with Gasteiger partial charge in [-0.05, 0) is 36.8 Å². The van der Waals surface area contributed by atoms with Gasteiger partial charge in [0.25, 0.3) is 10.0 Å². The van der Waals surface area contributed by atoms with Crippen LogP contribution in [-0.2, 0) is 20.2 Å². The lowest BCUT2D eigenvalue weighted by atomic mass is 9.95. The van der Waals surface area contributed by atoms with Crippen LogP contribution in [0.4, 0.5) is 0 Å². The number of carbonyl (C=O) groups is 1. The zero-order valence-corrected chi connectivity index (χ0v) is 14.1. The quantitative estimate of drug-likeness (QED) is 0.924. The van der Waals surface area contributed by atoms with Crippen LogP contribution in [0.2, 0.25) is 0 Å². The van der Waals surface area contributed by atoms with E-state index in [1.807, 2.05) is 26.8 Å². The number of piperidine rings is 1. The van der Waals surface area contributed by atoms with E-state index < -0.39 is 22.0 Å². The molecule has 1 aliphatic rings. The largest absolute Gasteiger partial charge is 0.480 e. The van der Waals surface area contributed by atoms with E-state index in [0.717, 1.165) is 15.6 Å². The lowest BCUT2D eigenvalue weighted by Crippen LogP contribution is -2.47. The minimum atomic E-state index is -3.72. The summed E-state index contributed by atoms with van der Waals surface area (Å²) in [6.45, 7) is 6.35. The zero-order valence-electron chi connectivity index (χ0n) is 12.5. The van der Waals surface area contributed by atoms with Gasteiger partial charge in [-0.15, -0.1) is 11.3 Å². The van der Waals surface area contributed by atoms with E-state index in [9.17, 15) is 18.3 Å². The fourth-order valence-electron chi connectivity index (χ4n) is 2.42. The molecule has 0 amide bonds. The summed E-state index contributed by atoms with van der Waals surface area (Å²) in [5, 5.41) is 9.25. The number of carboxylic acids is 1. The van der Waals surface area contributed by atoms with Gasteiger partial charge in [0, 0.05) is 11.4 Å². The maximum atomic E-state index is 12.7. The van der Waals surface area contributed by atoms with Gasteiger partial charge in [0.1, 0.15) is 10.3 Å². The fraction of sp³-hybridized carbons (Fsp3) is 0.643. The topological polar surface area (TPSA) is 74.7 Å². The van der Waals surface area contributed by atoms with Crippen molar-refractivity contribution in [2.45, 2.75) is 55.7 Å². The van der Waals surface area contributed by atoms with Crippen molar-refractivity contribution in [2.75, 3.05) is 6.54 Å². The molecule has 21 heavy (non-hydrogen) atoms. The summed E-state index contributed by atoms with van der Waals surface area (Å²) in [6, 6.07) is 2.47. The van der Waals surface area contributed by atoms with Gasteiger partial charge in [-0.25, -0.2) is 8.42 Å². The van der Waals surface area contributed by atoms with E-state index in [2.05, 4.69) is 0 Å². The third-order valence-electron chi connectivity index (χ3n) is 3.62. The Labute approximate surface area is 129 Å². The van der Waals surface area contributed by atoms with Crippen molar-refractivity contribution in [1.82, 2.24) is 4.31 Å². The summed E-state index contributed by atoms with van der Waals surface area (Å²) in [4.78, 5) is 12.3. The predicted molar refractivity (Wildman–Crippen MR) is 82.2 cm³/mol. The highest BCUT2D eigenvalue weighted by molar-refractivity contribution is 7.91. The molecule has 118 valence electrons. The average molecular weight is 331 g/mol. The van der Waals surface area contributed by atoms with Crippen LogP contribution < -0.4 is 0 Å². The van der Waals surface area contributed by atoms with Crippen LogP contribution in [0.1, 0.15) is 44.9 Å². The molecule has 7 heteroatoms. The molecule has 0 aromatic carbocycles. The molecular weight excluding hydrogens is 310 g/mol. The number of hydrogen-bond acceptors (Lipinski definition) is 4. The Morgan fingerprint density at radius 1 is 1.33 bits per heavy atom. The Balaban J connectivity index is 2.36. The van der Waals surface area contributed by atoms with Crippen LogP contribution in [0.15, 0.2) is 16.3 Å². The minimum Gasteiger partial charge on any atom is -0.480 e. The second kappa shape index (κ2) is 5.70. The van der Waals surface area contributed by atoms with E-state index in [1.54, 1.807) is 6.07 Å². The van der Waals surface area contributed by atoms with Crippen LogP contribution in [0, 0.1) is 0 Å². The first-order chi connectivity index (χ1) is 9.64. The molecule has 1 aromatic heterocycles. The van der Waals surface area contributed by atoms with Crippen LogP contribution >= 0.6 is 11.3 Å². The first-order valence-electron chi connectivity index (χ1n) is 6.99. The first kappa shape index (κ1) is 16.5. The van der Waals surface area contributed by atoms with Crippen LogP contribution in [0.25, 0.3) is 0 Å². The molecule has 0 bridgehead atoms. The predicted octanol–water partition coefficient (Wildman–Crippen LogP) is 2.67. The van der Waals surface area contributed by atoms with Crippen LogP contribution in [-0.4, -0.2) is 36.4 Å². The zero-order chi connectivity index (χ0) is 15.8. The van der Waals surface area contributed by atoms with Gasteiger partial charge in [0.2, 0.25) is 0 Å². The fourth-order valence-corrected chi connectivity index (χ4v) is 5.56. The molecule has 1 unspecified atom stereocenters. The molecule has 1 fully saturated rings. The number of rotatable bonds is 3. The highest BCUT2D eigenvalue weighted by Gasteiger charge is 2.38. The van der Waals surface area contributed by atoms with Gasteiger partial charge < -0.3 is 5.11 Å². The van der Waals surface area contributed by atoms with E-state index in [4.69, 9.17) is 0 Å². The number of thiophene rings is 1. The van der Waals surface area contributed by atoms with Gasteiger partial charge in [0.15, 0.2) is 0 Å². The van der Waals surface area contributed by atoms with Crippen molar-refractivity contribution in [1.29, 1.82) is 0 Å². The Morgan fingerprint density at radius 3 is 2.52 bits per heavy atom. The lowest BCUT2D eigenvalue weighted by Gasteiger charge is -2.31. The maximum absolute atomic E-state index is 12.7. The highest BCUT2D eigenvalue weighted by Crippen LogP contribution is 2.34. The maximum Gasteiger partial charge on any atom is 0.322 e. The van der Waals surface area contributed by atoms with E-state index in [-0.39, 0.29) is 16.2 Å². The minimum absolute atomic E-state index is 0.119. The van der Waals surface area contributed by atoms with E-state index >= 15 is 0 Å². The lowest BCUT2D eigenvalue weighted by molar-refractivity contribution is -0.142. The third-order valence-corrected chi connectivity index (χ3v) is 7.51. The summed E-state index contributed by atoms with van der Waals surface area (Å²) < 4.78 is 26.8. The van der Waals surface area contributed by atoms with Crippen molar-refractivity contribution >= 4 is 27.3 Å². The summed E-state index contributed by atoms with van der Waals surface area (Å²) >= 11 is 1.23. The first-order valence-corrected chi connectivity index (χ1v) is 9.24. The molecule has 0 saturated carbocycles. The summed E-state index contributed by atoms with van der Waals surface area (Å²) in [7, 11) is -3.72. The number of nitrogens with zero attached hydrogens (tertiary/aromatic N) is 1. The molecule has 0 radical (unpaired) electrons. The second-order valence-corrected chi connectivity index (χ2v) is 9.54. The second-order valence-electron chi connectivity index (χ2n) is 6.33. The standard InChI is InChI=1S/C14H21NO4S2/c1-14(2,3)11-7-8-12(20-11)21(18,19)15-9-5-4-6-10(15)13(16)17/h7-8,10H,4-6,9H2,1-3H3,(H,16,17). The van der Waals surface area contributed by atoms with Gasteiger partial charge in [-0.3, -0.25) is 4.79 Å². The Hall–Kier alpha value is -0.920. The monoisotopic (exact) mass is 331 g/mol.